The molecule has 1 saturated heterocycles. The molecule has 0 radical (unpaired) electrons. The molecule has 1 amide bonds. The van der Waals surface area contributed by atoms with Crippen LogP contribution in [-0.2, 0) is 4.79 Å². The molecule has 0 aliphatic carbocycles. The van der Waals surface area contributed by atoms with Crippen LogP contribution in [0.3, 0.4) is 0 Å². The normalized spacial score (nSPS) is 20.7. The van der Waals surface area contributed by atoms with Gasteiger partial charge < -0.3 is 10.3 Å². The molecule has 18 heavy (non-hydrogen) atoms. The molecule has 0 saturated carbocycles. The summed E-state index contributed by atoms with van der Waals surface area (Å²) in [5.41, 5.74) is 5.18. The van der Waals surface area contributed by atoms with Crippen molar-refractivity contribution in [2.45, 2.75) is 45.1 Å². The molecule has 1 atom stereocenters. The van der Waals surface area contributed by atoms with Crippen LogP contribution in [0.15, 0.2) is 4.52 Å². The van der Waals surface area contributed by atoms with Gasteiger partial charge in [-0.15, -0.1) is 0 Å². The Hall–Kier alpha value is -1.43. The molecule has 1 aromatic heterocycles. The van der Waals surface area contributed by atoms with Crippen molar-refractivity contribution in [1.29, 1.82) is 0 Å². The van der Waals surface area contributed by atoms with E-state index in [1.165, 1.54) is 0 Å². The van der Waals surface area contributed by atoms with Gasteiger partial charge in [0, 0.05) is 18.9 Å². The van der Waals surface area contributed by atoms with Gasteiger partial charge in [-0.1, -0.05) is 19.0 Å². The maximum atomic E-state index is 10.8. The molecule has 0 unspecified atom stereocenters. The minimum atomic E-state index is -0.267. The van der Waals surface area contributed by atoms with Gasteiger partial charge in [-0.2, -0.15) is 4.98 Å². The number of hydrogen-bond donors (Lipinski definition) is 1. The molecule has 0 aromatic carbocycles. The SMILES string of the molecule is CC(C)c1nc([C@H]2CCCN2CCC(N)=O)no1. The van der Waals surface area contributed by atoms with Gasteiger partial charge in [0.1, 0.15) is 0 Å². The summed E-state index contributed by atoms with van der Waals surface area (Å²) in [6.07, 6.45) is 2.48. The zero-order valence-corrected chi connectivity index (χ0v) is 10.9. The zero-order chi connectivity index (χ0) is 13.1. The molecule has 0 bridgehead atoms. The fourth-order valence-electron chi connectivity index (χ4n) is 2.26. The summed E-state index contributed by atoms with van der Waals surface area (Å²) in [5.74, 6) is 1.38. The molecule has 2 N–H and O–H groups in total. The number of aromatic nitrogens is 2. The van der Waals surface area contributed by atoms with E-state index in [4.69, 9.17) is 10.3 Å². The summed E-state index contributed by atoms with van der Waals surface area (Å²) in [5, 5.41) is 4.05. The van der Waals surface area contributed by atoms with E-state index in [-0.39, 0.29) is 17.9 Å². The summed E-state index contributed by atoms with van der Waals surface area (Å²) in [7, 11) is 0. The Balaban J connectivity index is 2.03. The van der Waals surface area contributed by atoms with Gasteiger partial charge in [-0.25, -0.2) is 0 Å². The largest absolute Gasteiger partial charge is 0.370 e. The number of likely N-dealkylation sites (tertiary alicyclic amines) is 1. The Morgan fingerprint density at radius 2 is 2.39 bits per heavy atom. The molecule has 1 aromatic rings. The third kappa shape index (κ3) is 2.87. The Bertz CT molecular complexity index is 416. The van der Waals surface area contributed by atoms with E-state index in [2.05, 4.69) is 15.0 Å². The van der Waals surface area contributed by atoms with Gasteiger partial charge in [-0.3, -0.25) is 9.69 Å². The summed E-state index contributed by atoms with van der Waals surface area (Å²) in [6.45, 7) is 5.68. The molecule has 2 rings (SSSR count). The topological polar surface area (TPSA) is 85.3 Å². The molecule has 1 aliphatic rings. The standard InChI is InChI=1S/C12H20N4O2/c1-8(2)12-14-11(15-18-12)9-4-3-6-16(9)7-5-10(13)17/h8-9H,3-7H2,1-2H3,(H2,13,17)/t9-/m1/s1. The minimum absolute atomic E-state index is 0.167. The highest BCUT2D eigenvalue weighted by Gasteiger charge is 2.30. The van der Waals surface area contributed by atoms with E-state index in [0.29, 0.717) is 18.9 Å². The highest BCUT2D eigenvalue weighted by Crippen LogP contribution is 2.30. The van der Waals surface area contributed by atoms with Gasteiger partial charge in [0.15, 0.2) is 5.82 Å². The monoisotopic (exact) mass is 252 g/mol. The molecule has 0 spiro atoms. The third-order valence-electron chi connectivity index (χ3n) is 3.26. The Morgan fingerprint density at radius 1 is 1.61 bits per heavy atom. The summed E-state index contributed by atoms with van der Waals surface area (Å²) in [4.78, 5) is 17.5. The number of hydrogen-bond acceptors (Lipinski definition) is 5. The fraction of sp³-hybridized carbons (Fsp3) is 0.750. The van der Waals surface area contributed by atoms with Gasteiger partial charge in [-0.05, 0) is 19.4 Å². The lowest BCUT2D eigenvalue weighted by Gasteiger charge is -2.20. The second-order valence-corrected chi connectivity index (χ2v) is 5.06. The van der Waals surface area contributed by atoms with Crippen molar-refractivity contribution in [2.24, 2.45) is 5.73 Å². The van der Waals surface area contributed by atoms with Crippen molar-refractivity contribution in [2.75, 3.05) is 13.1 Å². The van der Waals surface area contributed by atoms with E-state index in [1.54, 1.807) is 0 Å². The summed E-state index contributed by atoms with van der Waals surface area (Å²) < 4.78 is 5.23. The van der Waals surface area contributed by atoms with E-state index < -0.39 is 0 Å². The average Bonchev–Trinajstić information content (AvgIpc) is 2.94. The molecule has 2 heterocycles. The molecular weight excluding hydrogens is 232 g/mol. The molecule has 6 heteroatoms. The number of amides is 1. The first-order valence-electron chi connectivity index (χ1n) is 6.43. The van der Waals surface area contributed by atoms with Gasteiger partial charge in [0.2, 0.25) is 11.8 Å². The summed E-state index contributed by atoms with van der Waals surface area (Å²) >= 11 is 0. The lowest BCUT2D eigenvalue weighted by atomic mass is 10.2. The smallest absolute Gasteiger partial charge is 0.229 e. The third-order valence-corrected chi connectivity index (χ3v) is 3.26. The molecule has 1 fully saturated rings. The van der Waals surface area contributed by atoms with E-state index >= 15 is 0 Å². The molecule has 100 valence electrons. The van der Waals surface area contributed by atoms with Crippen LogP contribution < -0.4 is 5.73 Å². The first-order valence-corrected chi connectivity index (χ1v) is 6.43. The predicted octanol–water partition coefficient (Wildman–Crippen LogP) is 1.21. The molecule has 1 aliphatic heterocycles. The Kier molecular flexibility index (Phi) is 3.96. The maximum absolute atomic E-state index is 10.8. The number of primary amides is 1. The van der Waals surface area contributed by atoms with Gasteiger partial charge >= 0.3 is 0 Å². The van der Waals surface area contributed by atoms with Crippen LogP contribution in [0.1, 0.15) is 56.8 Å². The number of rotatable bonds is 5. The number of nitrogens with two attached hydrogens (primary N) is 1. The maximum Gasteiger partial charge on any atom is 0.229 e. The summed E-state index contributed by atoms with van der Waals surface area (Å²) in [6, 6.07) is 0.167. The van der Waals surface area contributed by atoms with E-state index in [9.17, 15) is 4.79 Å². The van der Waals surface area contributed by atoms with Crippen molar-refractivity contribution in [3.05, 3.63) is 11.7 Å². The van der Waals surface area contributed by atoms with Gasteiger partial charge in [0.05, 0.1) is 6.04 Å². The molecule has 6 nitrogen and oxygen atoms in total. The first kappa shape index (κ1) is 13.0. The van der Waals surface area contributed by atoms with Gasteiger partial charge in [0.25, 0.3) is 0 Å². The van der Waals surface area contributed by atoms with E-state index in [1.807, 2.05) is 13.8 Å². The fourth-order valence-corrected chi connectivity index (χ4v) is 2.26. The molecular formula is C12H20N4O2. The number of carbonyl (C=O) groups excluding carboxylic acids is 1. The van der Waals surface area contributed by atoms with Crippen molar-refractivity contribution < 1.29 is 9.32 Å². The Morgan fingerprint density at radius 3 is 3.00 bits per heavy atom. The van der Waals surface area contributed by atoms with Crippen molar-refractivity contribution in [3.63, 3.8) is 0 Å². The zero-order valence-electron chi connectivity index (χ0n) is 10.9. The van der Waals surface area contributed by atoms with Crippen LogP contribution in [0.4, 0.5) is 0 Å². The quantitative estimate of drug-likeness (QED) is 0.851. The number of nitrogens with zero attached hydrogens (tertiary/aromatic N) is 3. The lowest BCUT2D eigenvalue weighted by Crippen LogP contribution is -2.28. The van der Waals surface area contributed by atoms with E-state index in [0.717, 1.165) is 25.2 Å². The van der Waals surface area contributed by atoms with Crippen LogP contribution in [0.2, 0.25) is 0 Å². The number of carbonyl (C=O) groups is 1. The average molecular weight is 252 g/mol. The lowest BCUT2D eigenvalue weighted by molar-refractivity contribution is -0.118. The first-order chi connectivity index (χ1) is 8.58. The minimum Gasteiger partial charge on any atom is -0.370 e. The highest BCUT2D eigenvalue weighted by atomic mass is 16.5. The van der Waals surface area contributed by atoms with Crippen LogP contribution in [0.5, 0.6) is 0 Å². The highest BCUT2D eigenvalue weighted by molar-refractivity contribution is 5.73. The van der Waals surface area contributed by atoms with Crippen molar-refractivity contribution in [1.82, 2.24) is 15.0 Å². The van der Waals surface area contributed by atoms with Crippen LogP contribution in [-0.4, -0.2) is 34.0 Å². The van der Waals surface area contributed by atoms with Crippen LogP contribution in [0, 0.1) is 0 Å². The van der Waals surface area contributed by atoms with Crippen molar-refractivity contribution >= 4 is 5.91 Å². The van der Waals surface area contributed by atoms with Crippen LogP contribution in [0.25, 0.3) is 0 Å². The van der Waals surface area contributed by atoms with Crippen LogP contribution >= 0.6 is 0 Å². The second kappa shape index (κ2) is 5.48. The Labute approximate surface area is 107 Å². The van der Waals surface area contributed by atoms with Crippen molar-refractivity contribution in [3.8, 4) is 0 Å². The second-order valence-electron chi connectivity index (χ2n) is 5.06. The predicted molar refractivity (Wildman–Crippen MR) is 65.7 cm³/mol.